The normalized spacial score (nSPS) is 12.5. The molecule has 2 N–H and O–H groups in total. The number of carbonyl (C=O) groups is 1. The van der Waals surface area contributed by atoms with E-state index in [9.17, 15) is 4.79 Å². The molecule has 1 atom stereocenters. The molecular formula is C8H10ClNO2S. The number of esters is 1. The van der Waals surface area contributed by atoms with Crippen LogP contribution in [0.15, 0.2) is 11.4 Å². The maximum atomic E-state index is 11.0. The van der Waals surface area contributed by atoms with Gasteiger partial charge in [-0.1, -0.05) is 11.6 Å². The van der Waals surface area contributed by atoms with Crippen molar-refractivity contribution in [3.8, 4) is 0 Å². The Labute approximate surface area is 85.4 Å². The van der Waals surface area contributed by atoms with Gasteiger partial charge in [0.25, 0.3) is 0 Å². The molecule has 0 aliphatic heterocycles. The molecule has 0 bridgehead atoms. The molecule has 1 unspecified atom stereocenters. The summed E-state index contributed by atoms with van der Waals surface area (Å²) in [6.07, 6.45) is 0.426. The number of hydrogen-bond acceptors (Lipinski definition) is 4. The van der Waals surface area contributed by atoms with Crippen LogP contribution in [0.2, 0.25) is 4.34 Å². The fourth-order valence-corrected chi connectivity index (χ4v) is 1.89. The molecule has 0 radical (unpaired) electrons. The minimum Gasteiger partial charge on any atom is -0.468 e. The highest BCUT2D eigenvalue weighted by Crippen LogP contribution is 2.23. The van der Waals surface area contributed by atoms with E-state index in [-0.39, 0.29) is 0 Å². The summed E-state index contributed by atoms with van der Waals surface area (Å²) in [5.41, 5.74) is 6.45. The highest BCUT2D eigenvalue weighted by atomic mass is 35.5. The molecule has 72 valence electrons. The van der Waals surface area contributed by atoms with Crippen molar-refractivity contribution in [3.63, 3.8) is 0 Å². The van der Waals surface area contributed by atoms with E-state index in [1.165, 1.54) is 18.4 Å². The molecule has 0 saturated heterocycles. The Kier molecular flexibility index (Phi) is 3.71. The van der Waals surface area contributed by atoms with Crippen LogP contribution in [0.25, 0.3) is 0 Å². The smallest absolute Gasteiger partial charge is 0.322 e. The molecule has 0 fully saturated rings. The van der Waals surface area contributed by atoms with E-state index in [0.717, 1.165) is 5.56 Å². The Morgan fingerprint density at radius 3 is 3.00 bits per heavy atom. The number of halogens is 1. The second-order valence-electron chi connectivity index (χ2n) is 2.55. The Morgan fingerprint density at radius 1 is 1.85 bits per heavy atom. The van der Waals surface area contributed by atoms with Crippen LogP contribution in [0.1, 0.15) is 5.56 Å². The average molecular weight is 220 g/mol. The number of nitrogens with two attached hydrogens (primary N) is 1. The van der Waals surface area contributed by atoms with E-state index >= 15 is 0 Å². The van der Waals surface area contributed by atoms with Gasteiger partial charge in [0, 0.05) is 6.42 Å². The minimum atomic E-state index is -0.628. The van der Waals surface area contributed by atoms with Gasteiger partial charge >= 0.3 is 5.97 Å². The van der Waals surface area contributed by atoms with Gasteiger partial charge in [-0.3, -0.25) is 4.79 Å². The average Bonchev–Trinajstić information content (AvgIpc) is 2.50. The van der Waals surface area contributed by atoms with Crippen molar-refractivity contribution in [1.82, 2.24) is 0 Å². The Hall–Kier alpha value is -0.580. The summed E-state index contributed by atoms with van der Waals surface area (Å²) >= 11 is 7.27. The zero-order valence-corrected chi connectivity index (χ0v) is 8.69. The van der Waals surface area contributed by atoms with Gasteiger partial charge in [0.05, 0.1) is 11.4 Å². The largest absolute Gasteiger partial charge is 0.468 e. The predicted octanol–water partition coefficient (Wildman–Crippen LogP) is 1.44. The number of rotatable bonds is 3. The Balaban J connectivity index is 2.59. The number of methoxy groups -OCH3 is 1. The van der Waals surface area contributed by atoms with Crippen molar-refractivity contribution < 1.29 is 9.53 Å². The standard InChI is InChI=1S/C8H10ClNO2S/c1-12-8(11)6(10)4-5-2-3-13-7(5)9/h2-3,6H,4,10H2,1H3. The van der Waals surface area contributed by atoms with Gasteiger partial charge in [-0.05, 0) is 17.0 Å². The van der Waals surface area contributed by atoms with Gasteiger partial charge in [0.2, 0.25) is 0 Å². The summed E-state index contributed by atoms with van der Waals surface area (Å²) in [7, 11) is 1.32. The third-order valence-electron chi connectivity index (χ3n) is 1.64. The lowest BCUT2D eigenvalue weighted by Crippen LogP contribution is -2.33. The minimum absolute atomic E-state index is 0.415. The van der Waals surface area contributed by atoms with Gasteiger partial charge in [-0.25, -0.2) is 0 Å². The molecule has 13 heavy (non-hydrogen) atoms. The summed E-state index contributed by atoms with van der Waals surface area (Å²) in [6, 6.07) is 1.23. The molecule has 1 heterocycles. The van der Waals surface area contributed by atoms with Crippen LogP contribution in [0.5, 0.6) is 0 Å². The molecule has 0 aliphatic carbocycles. The first-order valence-corrected chi connectivity index (χ1v) is 4.96. The van der Waals surface area contributed by atoms with Crippen molar-refractivity contribution in [2.24, 2.45) is 5.73 Å². The molecule has 1 aromatic heterocycles. The maximum absolute atomic E-state index is 11.0. The zero-order chi connectivity index (χ0) is 9.84. The van der Waals surface area contributed by atoms with Crippen LogP contribution >= 0.6 is 22.9 Å². The molecule has 5 heteroatoms. The lowest BCUT2D eigenvalue weighted by Gasteiger charge is -2.07. The van der Waals surface area contributed by atoms with E-state index in [2.05, 4.69) is 4.74 Å². The number of hydrogen-bond donors (Lipinski definition) is 1. The SMILES string of the molecule is COC(=O)C(N)Cc1ccsc1Cl. The van der Waals surface area contributed by atoms with E-state index in [1.54, 1.807) is 0 Å². The van der Waals surface area contributed by atoms with Crippen molar-refractivity contribution in [3.05, 3.63) is 21.3 Å². The van der Waals surface area contributed by atoms with E-state index in [0.29, 0.717) is 10.8 Å². The Morgan fingerprint density at radius 2 is 2.54 bits per heavy atom. The summed E-state index contributed by atoms with van der Waals surface area (Å²) in [5.74, 6) is -0.415. The first-order valence-electron chi connectivity index (χ1n) is 3.70. The monoisotopic (exact) mass is 219 g/mol. The molecule has 0 aliphatic rings. The summed E-state index contributed by atoms with van der Waals surface area (Å²) in [6.45, 7) is 0. The van der Waals surface area contributed by atoms with Crippen LogP contribution in [0.3, 0.4) is 0 Å². The fraction of sp³-hybridized carbons (Fsp3) is 0.375. The first kappa shape index (κ1) is 10.5. The van der Waals surface area contributed by atoms with Gasteiger partial charge < -0.3 is 10.5 Å². The predicted molar refractivity (Wildman–Crippen MR) is 53.0 cm³/mol. The van der Waals surface area contributed by atoms with Gasteiger partial charge in [0.15, 0.2) is 0 Å². The van der Waals surface area contributed by atoms with Crippen molar-refractivity contribution in [2.45, 2.75) is 12.5 Å². The molecule has 0 saturated carbocycles. The lowest BCUT2D eigenvalue weighted by atomic mass is 10.1. The highest BCUT2D eigenvalue weighted by Gasteiger charge is 2.15. The lowest BCUT2D eigenvalue weighted by molar-refractivity contribution is -0.142. The Bertz CT molecular complexity index is 300. The summed E-state index contributed by atoms with van der Waals surface area (Å²) in [5, 5.41) is 1.86. The molecule has 3 nitrogen and oxygen atoms in total. The van der Waals surface area contributed by atoms with Crippen LogP contribution in [0.4, 0.5) is 0 Å². The number of carbonyl (C=O) groups excluding carboxylic acids is 1. The molecular weight excluding hydrogens is 210 g/mol. The molecule has 1 rings (SSSR count). The van der Waals surface area contributed by atoms with E-state index in [4.69, 9.17) is 17.3 Å². The van der Waals surface area contributed by atoms with Crippen LogP contribution in [-0.2, 0) is 16.0 Å². The number of thiophene rings is 1. The summed E-state index contributed by atoms with van der Waals surface area (Å²) in [4.78, 5) is 11.0. The van der Waals surface area contributed by atoms with Gasteiger partial charge in [-0.2, -0.15) is 0 Å². The topological polar surface area (TPSA) is 52.3 Å². The highest BCUT2D eigenvalue weighted by molar-refractivity contribution is 7.14. The van der Waals surface area contributed by atoms with E-state index < -0.39 is 12.0 Å². The first-order chi connectivity index (χ1) is 6.15. The zero-order valence-electron chi connectivity index (χ0n) is 7.12. The van der Waals surface area contributed by atoms with Crippen molar-refractivity contribution in [1.29, 1.82) is 0 Å². The second kappa shape index (κ2) is 4.60. The molecule has 0 amide bonds. The molecule has 0 spiro atoms. The van der Waals surface area contributed by atoms with Crippen molar-refractivity contribution in [2.75, 3.05) is 7.11 Å². The third kappa shape index (κ3) is 2.69. The molecule has 0 aromatic carbocycles. The summed E-state index contributed by atoms with van der Waals surface area (Å²) < 4.78 is 5.18. The second-order valence-corrected chi connectivity index (χ2v) is 4.07. The molecule has 1 aromatic rings. The fourth-order valence-electron chi connectivity index (χ4n) is 0.937. The van der Waals surface area contributed by atoms with Crippen LogP contribution < -0.4 is 5.73 Å². The van der Waals surface area contributed by atoms with Crippen LogP contribution in [0, 0.1) is 0 Å². The third-order valence-corrected chi connectivity index (χ3v) is 2.89. The quantitative estimate of drug-likeness (QED) is 0.783. The number of ether oxygens (including phenoxy) is 1. The van der Waals surface area contributed by atoms with Crippen LogP contribution in [-0.4, -0.2) is 19.1 Å². The van der Waals surface area contributed by atoms with Gasteiger partial charge in [-0.15, -0.1) is 11.3 Å². The van der Waals surface area contributed by atoms with Crippen molar-refractivity contribution >= 4 is 28.9 Å². The van der Waals surface area contributed by atoms with E-state index in [1.807, 2.05) is 11.4 Å². The van der Waals surface area contributed by atoms with Gasteiger partial charge in [0.1, 0.15) is 6.04 Å². The maximum Gasteiger partial charge on any atom is 0.322 e.